The van der Waals surface area contributed by atoms with Crippen LogP contribution in [0.25, 0.3) is 0 Å². The molecule has 0 aliphatic carbocycles. The van der Waals surface area contributed by atoms with Gasteiger partial charge in [-0.3, -0.25) is 9.59 Å². The predicted molar refractivity (Wildman–Crippen MR) is 79.7 cm³/mol. The first-order chi connectivity index (χ1) is 10.2. The maximum atomic E-state index is 12.6. The van der Waals surface area contributed by atoms with E-state index >= 15 is 0 Å². The Morgan fingerprint density at radius 2 is 2.05 bits per heavy atom. The van der Waals surface area contributed by atoms with Gasteiger partial charge in [-0.1, -0.05) is 31.2 Å². The van der Waals surface area contributed by atoms with Crippen LogP contribution in [0.1, 0.15) is 24.5 Å². The van der Waals surface area contributed by atoms with Gasteiger partial charge in [0.15, 0.2) is 0 Å². The van der Waals surface area contributed by atoms with Crippen LogP contribution in [-0.2, 0) is 27.3 Å². The average Bonchev–Trinajstić information content (AvgIpc) is 2.53. The third-order valence-corrected chi connectivity index (χ3v) is 3.73. The van der Waals surface area contributed by atoms with Crippen LogP contribution in [0.4, 0.5) is 0 Å². The molecule has 1 aromatic rings. The Kier molecular flexibility index (Phi) is 5.33. The molecular formula is C16H22N2O3. The van der Waals surface area contributed by atoms with Gasteiger partial charge >= 0.3 is 5.97 Å². The smallest absolute Gasteiger partial charge is 0.325 e. The third-order valence-electron chi connectivity index (χ3n) is 3.73. The number of carbonyl (C=O) groups is 2. The topological polar surface area (TPSA) is 58.6 Å². The van der Waals surface area contributed by atoms with E-state index in [1.807, 2.05) is 19.1 Å². The Balaban J connectivity index is 2.06. The van der Waals surface area contributed by atoms with E-state index in [-0.39, 0.29) is 24.5 Å². The summed E-state index contributed by atoms with van der Waals surface area (Å²) in [5.41, 5.74) is 2.43. The summed E-state index contributed by atoms with van der Waals surface area (Å²) in [7, 11) is 1.34. The zero-order valence-corrected chi connectivity index (χ0v) is 12.6. The molecule has 1 aliphatic rings. The first kappa shape index (κ1) is 15.5. The minimum atomic E-state index is -0.381. The molecule has 0 aromatic heterocycles. The quantitative estimate of drug-likeness (QED) is 0.825. The van der Waals surface area contributed by atoms with Gasteiger partial charge in [0, 0.05) is 13.1 Å². The highest BCUT2D eigenvalue weighted by Gasteiger charge is 2.28. The first-order valence-corrected chi connectivity index (χ1v) is 7.31. The number of nitrogens with one attached hydrogen (secondary N) is 1. The fraction of sp³-hybridized carbons (Fsp3) is 0.500. The fourth-order valence-corrected chi connectivity index (χ4v) is 2.61. The number of amides is 1. The maximum absolute atomic E-state index is 12.6. The second-order valence-corrected chi connectivity index (χ2v) is 5.24. The monoisotopic (exact) mass is 290 g/mol. The molecule has 5 heteroatoms. The minimum absolute atomic E-state index is 0.0169. The molecule has 0 saturated heterocycles. The van der Waals surface area contributed by atoms with Gasteiger partial charge in [-0.2, -0.15) is 0 Å². The second-order valence-electron chi connectivity index (χ2n) is 5.24. The van der Waals surface area contributed by atoms with Crippen molar-refractivity contribution in [2.75, 3.05) is 20.2 Å². The van der Waals surface area contributed by atoms with E-state index in [0.29, 0.717) is 19.5 Å². The van der Waals surface area contributed by atoms with Crippen LogP contribution in [0, 0.1) is 0 Å². The van der Waals surface area contributed by atoms with E-state index in [9.17, 15) is 9.59 Å². The lowest BCUT2D eigenvalue weighted by Crippen LogP contribution is -2.51. The van der Waals surface area contributed by atoms with Gasteiger partial charge < -0.3 is 15.0 Å². The van der Waals surface area contributed by atoms with Crippen LogP contribution >= 0.6 is 0 Å². The van der Waals surface area contributed by atoms with Gasteiger partial charge in [0.1, 0.15) is 6.54 Å². The highest BCUT2D eigenvalue weighted by Crippen LogP contribution is 2.17. The van der Waals surface area contributed by atoms with Crippen molar-refractivity contribution in [1.29, 1.82) is 0 Å². The lowest BCUT2D eigenvalue weighted by Gasteiger charge is -2.30. The summed E-state index contributed by atoms with van der Waals surface area (Å²) in [5, 5.41) is 3.26. The summed E-state index contributed by atoms with van der Waals surface area (Å²) >= 11 is 0. The van der Waals surface area contributed by atoms with Crippen LogP contribution < -0.4 is 5.32 Å². The van der Waals surface area contributed by atoms with Crippen LogP contribution in [0.3, 0.4) is 0 Å². The Morgan fingerprint density at radius 3 is 2.71 bits per heavy atom. The SMILES string of the molecule is CCCN(CC(=O)OC)C(=O)[C@H]1Cc2ccccc2CN1. The molecule has 1 N–H and O–H groups in total. The van der Waals surface area contributed by atoms with E-state index in [4.69, 9.17) is 0 Å². The van der Waals surface area contributed by atoms with Crippen molar-refractivity contribution in [3.8, 4) is 0 Å². The van der Waals surface area contributed by atoms with Crippen molar-refractivity contribution in [3.05, 3.63) is 35.4 Å². The molecule has 0 spiro atoms. The van der Waals surface area contributed by atoms with Crippen molar-refractivity contribution < 1.29 is 14.3 Å². The summed E-state index contributed by atoms with van der Waals surface area (Å²) in [4.78, 5) is 25.6. The van der Waals surface area contributed by atoms with E-state index in [0.717, 1.165) is 6.42 Å². The summed E-state index contributed by atoms with van der Waals surface area (Å²) in [5.74, 6) is -0.412. The van der Waals surface area contributed by atoms with Gasteiger partial charge in [-0.05, 0) is 24.0 Å². The highest BCUT2D eigenvalue weighted by molar-refractivity contribution is 5.86. The van der Waals surface area contributed by atoms with Crippen LogP contribution in [0.5, 0.6) is 0 Å². The van der Waals surface area contributed by atoms with E-state index < -0.39 is 0 Å². The molecule has 1 aliphatic heterocycles. The Labute approximate surface area is 125 Å². The Bertz CT molecular complexity index is 516. The van der Waals surface area contributed by atoms with Crippen LogP contribution in [0.15, 0.2) is 24.3 Å². The number of ether oxygens (including phenoxy) is 1. The Hall–Kier alpha value is -1.88. The lowest BCUT2D eigenvalue weighted by atomic mass is 9.95. The summed E-state index contributed by atoms with van der Waals surface area (Å²) in [6.45, 7) is 3.25. The number of hydrogen-bond acceptors (Lipinski definition) is 4. The van der Waals surface area contributed by atoms with E-state index in [1.54, 1.807) is 4.90 Å². The first-order valence-electron chi connectivity index (χ1n) is 7.31. The van der Waals surface area contributed by atoms with Gasteiger partial charge in [-0.15, -0.1) is 0 Å². The number of fused-ring (bicyclic) bond motifs is 1. The van der Waals surface area contributed by atoms with E-state index in [1.165, 1.54) is 18.2 Å². The molecule has 0 saturated carbocycles. The van der Waals surface area contributed by atoms with Crippen molar-refractivity contribution in [2.24, 2.45) is 0 Å². The van der Waals surface area contributed by atoms with Gasteiger partial charge in [0.05, 0.1) is 13.2 Å². The van der Waals surface area contributed by atoms with Gasteiger partial charge in [0.25, 0.3) is 0 Å². The molecular weight excluding hydrogens is 268 g/mol. The zero-order valence-electron chi connectivity index (χ0n) is 12.6. The Morgan fingerprint density at radius 1 is 1.33 bits per heavy atom. The molecule has 0 radical (unpaired) electrons. The number of hydrogen-bond donors (Lipinski definition) is 1. The maximum Gasteiger partial charge on any atom is 0.325 e. The molecule has 5 nitrogen and oxygen atoms in total. The second kappa shape index (κ2) is 7.22. The normalized spacial score (nSPS) is 17.0. The summed E-state index contributed by atoms with van der Waals surface area (Å²) in [6, 6.07) is 7.85. The van der Waals surface area contributed by atoms with Gasteiger partial charge in [-0.25, -0.2) is 0 Å². The molecule has 1 atom stereocenters. The number of benzene rings is 1. The number of methoxy groups -OCH3 is 1. The van der Waals surface area contributed by atoms with Crippen LogP contribution in [0.2, 0.25) is 0 Å². The fourth-order valence-electron chi connectivity index (χ4n) is 2.61. The molecule has 2 rings (SSSR count). The average molecular weight is 290 g/mol. The number of carbonyl (C=O) groups excluding carboxylic acids is 2. The van der Waals surface area contributed by atoms with Crippen LogP contribution in [-0.4, -0.2) is 43.0 Å². The van der Waals surface area contributed by atoms with Crippen molar-refractivity contribution in [1.82, 2.24) is 10.2 Å². The predicted octanol–water partition coefficient (Wildman–Crippen LogP) is 1.11. The number of esters is 1. The highest BCUT2D eigenvalue weighted by atomic mass is 16.5. The molecule has 21 heavy (non-hydrogen) atoms. The molecule has 0 unspecified atom stereocenters. The zero-order chi connectivity index (χ0) is 15.2. The van der Waals surface area contributed by atoms with Gasteiger partial charge in [0.2, 0.25) is 5.91 Å². The summed E-state index contributed by atoms with van der Waals surface area (Å²) < 4.78 is 4.67. The summed E-state index contributed by atoms with van der Waals surface area (Å²) in [6.07, 6.45) is 1.47. The molecule has 0 bridgehead atoms. The minimum Gasteiger partial charge on any atom is -0.468 e. The molecule has 1 amide bonds. The number of nitrogens with zero attached hydrogens (tertiary/aromatic N) is 1. The standard InChI is InChI=1S/C16H22N2O3/c1-3-8-18(11-15(19)21-2)16(20)14-9-12-6-4-5-7-13(12)10-17-14/h4-7,14,17H,3,8-11H2,1-2H3/t14-/m1/s1. The van der Waals surface area contributed by atoms with Crippen molar-refractivity contribution >= 4 is 11.9 Å². The molecule has 1 aromatic carbocycles. The van der Waals surface area contributed by atoms with Crippen molar-refractivity contribution in [3.63, 3.8) is 0 Å². The molecule has 114 valence electrons. The molecule has 0 fully saturated rings. The largest absolute Gasteiger partial charge is 0.468 e. The number of rotatable bonds is 5. The lowest BCUT2D eigenvalue weighted by molar-refractivity contribution is -0.147. The third kappa shape index (κ3) is 3.82. The molecule has 1 heterocycles. The van der Waals surface area contributed by atoms with Crippen molar-refractivity contribution in [2.45, 2.75) is 32.4 Å². The van der Waals surface area contributed by atoms with E-state index in [2.05, 4.69) is 22.2 Å².